The molecule has 11 nitrogen and oxygen atoms in total. The molecule has 0 aliphatic carbocycles. The van der Waals surface area contributed by atoms with Crippen LogP contribution in [-0.4, -0.2) is 54.0 Å². The predicted molar refractivity (Wildman–Crippen MR) is 93.1 cm³/mol. The van der Waals surface area contributed by atoms with Gasteiger partial charge in [0.1, 0.15) is 0 Å². The van der Waals surface area contributed by atoms with Crippen molar-refractivity contribution in [3.05, 3.63) is 34.4 Å². The van der Waals surface area contributed by atoms with Crippen molar-refractivity contribution in [2.75, 3.05) is 11.9 Å². The lowest BCUT2D eigenvalue weighted by atomic mass is 10.0. The van der Waals surface area contributed by atoms with Gasteiger partial charge in [-0.05, 0) is 12.1 Å². The van der Waals surface area contributed by atoms with E-state index in [4.69, 9.17) is 18.9 Å². The lowest BCUT2D eigenvalue weighted by Gasteiger charge is -2.40. The Morgan fingerprint density at radius 1 is 1.00 bits per heavy atom. The number of anilines is 1. The molecule has 1 aromatic rings. The third kappa shape index (κ3) is 5.64. The molecule has 0 radical (unpaired) electrons. The van der Waals surface area contributed by atoms with E-state index >= 15 is 0 Å². The molecule has 0 spiro atoms. The largest absolute Gasteiger partial charge is 0.456 e. The van der Waals surface area contributed by atoms with Gasteiger partial charge in [0, 0.05) is 38.6 Å². The number of nitro groups is 1. The molecule has 0 unspecified atom stereocenters. The summed E-state index contributed by atoms with van der Waals surface area (Å²) in [5.41, 5.74) is 0.347. The zero-order chi connectivity index (χ0) is 20.8. The van der Waals surface area contributed by atoms with Crippen LogP contribution in [0.5, 0.6) is 0 Å². The van der Waals surface area contributed by atoms with Gasteiger partial charge >= 0.3 is 17.9 Å². The molecule has 0 amide bonds. The second-order valence-electron chi connectivity index (χ2n) is 6.00. The maximum absolute atomic E-state index is 11.6. The van der Waals surface area contributed by atoms with E-state index in [-0.39, 0.29) is 12.3 Å². The first-order valence-corrected chi connectivity index (χ1v) is 8.31. The first kappa shape index (κ1) is 21.1. The Bertz CT molecular complexity index is 749. The average Bonchev–Trinajstić information content (AvgIpc) is 2.59. The van der Waals surface area contributed by atoms with Crippen LogP contribution in [0.2, 0.25) is 0 Å². The van der Waals surface area contributed by atoms with Gasteiger partial charge < -0.3 is 24.3 Å². The molecule has 2 rings (SSSR count). The van der Waals surface area contributed by atoms with Crippen molar-refractivity contribution in [2.24, 2.45) is 0 Å². The molecule has 11 heteroatoms. The number of ether oxygens (including phenoxy) is 4. The van der Waals surface area contributed by atoms with Crippen LogP contribution in [0.3, 0.4) is 0 Å². The standard InChI is InChI=1S/C17H20N2O9/c1-9(20)26-14-8-25-17(16(28-11(3)22)15(14)27-10(2)21)18-12-4-6-13(7-5-12)19(23)24/h4-7,14-18H,8H2,1-3H3/t14-,15-,16+,17+/m0/s1. The van der Waals surface area contributed by atoms with Gasteiger partial charge in [-0.3, -0.25) is 24.5 Å². The number of nitrogens with one attached hydrogen (secondary N) is 1. The number of non-ortho nitro benzene ring substituents is 1. The molecule has 4 atom stereocenters. The molecular weight excluding hydrogens is 376 g/mol. The second-order valence-corrected chi connectivity index (χ2v) is 6.00. The third-order valence-electron chi connectivity index (χ3n) is 3.74. The van der Waals surface area contributed by atoms with Crippen molar-refractivity contribution < 1.29 is 38.3 Å². The first-order chi connectivity index (χ1) is 13.2. The van der Waals surface area contributed by atoms with Gasteiger partial charge in [0.15, 0.2) is 24.5 Å². The number of esters is 3. The SMILES string of the molecule is CC(=O)O[C@@H]1[C@@H](OC(C)=O)[C@H](Nc2ccc([N+](=O)[O-])cc2)OC[C@@H]1OC(C)=O. The summed E-state index contributed by atoms with van der Waals surface area (Å²) >= 11 is 0. The molecule has 1 aliphatic heterocycles. The van der Waals surface area contributed by atoms with Crippen molar-refractivity contribution in [3.63, 3.8) is 0 Å². The quantitative estimate of drug-likeness (QED) is 0.322. The van der Waals surface area contributed by atoms with E-state index in [1.807, 2.05) is 0 Å². The minimum Gasteiger partial charge on any atom is -0.456 e. The number of hydrogen-bond donors (Lipinski definition) is 1. The molecule has 1 aromatic carbocycles. The fourth-order valence-corrected chi connectivity index (χ4v) is 2.71. The van der Waals surface area contributed by atoms with Crippen LogP contribution in [0.1, 0.15) is 20.8 Å². The Morgan fingerprint density at radius 2 is 1.54 bits per heavy atom. The van der Waals surface area contributed by atoms with Gasteiger partial charge in [0.2, 0.25) is 0 Å². The lowest BCUT2D eigenvalue weighted by molar-refractivity contribution is -0.384. The van der Waals surface area contributed by atoms with Crippen LogP contribution in [0, 0.1) is 10.1 Å². The van der Waals surface area contributed by atoms with Crippen LogP contribution in [0.4, 0.5) is 11.4 Å². The number of nitro benzene ring substituents is 1. The summed E-state index contributed by atoms with van der Waals surface area (Å²) in [6.45, 7) is 3.40. The maximum atomic E-state index is 11.6. The molecular formula is C17H20N2O9. The zero-order valence-electron chi connectivity index (χ0n) is 15.4. The van der Waals surface area contributed by atoms with E-state index < -0.39 is 47.4 Å². The van der Waals surface area contributed by atoms with E-state index in [9.17, 15) is 24.5 Å². The number of carbonyl (C=O) groups is 3. The highest BCUT2D eigenvalue weighted by atomic mass is 16.6. The Labute approximate surface area is 160 Å². The van der Waals surface area contributed by atoms with Crippen molar-refractivity contribution >= 4 is 29.3 Å². The Morgan fingerprint density at radius 3 is 2.04 bits per heavy atom. The lowest BCUT2D eigenvalue weighted by Crippen LogP contribution is -2.59. The maximum Gasteiger partial charge on any atom is 0.303 e. The number of benzene rings is 1. The van der Waals surface area contributed by atoms with Crippen molar-refractivity contribution in [1.29, 1.82) is 0 Å². The molecule has 28 heavy (non-hydrogen) atoms. The molecule has 0 bridgehead atoms. The van der Waals surface area contributed by atoms with Gasteiger partial charge in [0.05, 0.1) is 11.5 Å². The van der Waals surface area contributed by atoms with E-state index in [0.717, 1.165) is 0 Å². The highest BCUT2D eigenvalue weighted by Gasteiger charge is 2.47. The molecule has 0 aromatic heterocycles. The summed E-state index contributed by atoms with van der Waals surface area (Å²) in [7, 11) is 0. The molecule has 1 N–H and O–H groups in total. The minimum atomic E-state index is -1.13. The van der Waals surface area contributed by atoms with Crippen LogP contribution >= 0.6 is 0 Å². The number of hydrogen-bond acceptors (Lipinski definition) is 10. The van der Waals surface area contributed by atoms with Gasteiger partial charge in [0.25, 0.3) is 5.69 Å². The number of rotatable bonds is 6. The van der Waals surface area contributed by atoms with Crippen LogP contribution in [0.15, 0.2) is 24.3 Å². The molecule has 1 saturated heterocycles. The van der Waals surface area contributed by atoms with Crippen molar-refractivity contribution in [3.8, 4) is 0 Å². The summed E-state index contributed by atoms with van der Waals surface area (Å²) < 4.78 is 21.2. The minimum absolute atomic E-state index is 0.0978. The molecule has 1 heterocycles. The molecule has 1 aliphatic rings. The smallest absolute Gasteiger partial charge is 0.303 e. The van der Waals surface area contributed by atoms with E-state index in [1.54, 1.807) is 0 Å². The van der Waals surface area contributed by atoms with Gasteiger partial charge in [-0.2, -0.15) is 0 Å². The van der Waals surface area contributed by atoms with E-state index in [2.05, 4.69) is 5.32 Å². The zero-order valence-corrected chi connectivity index (χ0v) is 15.4. The predicted octanol–water partition coefficient (Wildman–Crippen LogP) is 1.16. The normalized spacial score (nSPS) is 24.0. The van der Waals surface area contributed by atoms with E-state index in [1.165, 1.54) is 45.0 Å². The summed E-state index contributed by atoms with van der Waals surface area (Å²) in [4.78, 5) is 44.6. The molecule has 0 saturated carbocycles. The topological polar surface area (TPSA) is 143 Å². The van der Waals surface area contributed by atoms with Gasteiger partial charge in [-0.15, -0.1) is 0 Å². The highest BCUT2D eigenvalue weighted by Crippen LogP contribution is 2.26. The molecule has 152 valence electrons. The average molecular weight is 396 g/mol. The fraction of sp³-hybridized carbons (Fsp3) is 0.471. The van der Waals surface area contributed by atoms with Crippen LogP contribution < -0.4 is 5.32 Å². The number of carbonyl (C=O) groups excluding carboxylic acids is 3. The van der Waals surface area contributed by atoms with Crippen molar-refractivity contribution in [1.82, 2.24) is 0 Å². The van der Waals surface area contributed by atoms with Gasteiger partial charge in [-0.25, -0.2) is 0 Å². The number of nitrogens with zero attached hydrogens (tertiary/aromatic N) is 1. The fourth-order valence-electron chi connectivity index (χ4n) is 2.71. The summed E-state index contributed by atoms with van der Waals surface area (Å²) in [5.74, 6) is -1.94. The summed E-state index contributed by atoms with van der Waals surface area (Å²) in [6.07, 6.45) is -4.16. The first-order valence-electron chi connectivity index (χ1n) is 8.31. The van der Waals surface area contributed by atoms with Crippen LogP contribution in [-0.2, 0) is 33.3 Å². The summed E-state index contributed by atoms with van der Waals surface area (Å²) in [5, 5.41) is 13.7. The Kier molecular flexibility index (Phi) is 6.88. The van der Waals surface area contributed by atoms with Gasteiger partial charge in [-0.1, -0.05) is 0 Å². The third-order valence-corrected chi connectivity index (χ3v) is 3.74. The monoisotopic (exact) mass is 396 g/mol. The van der Waals surface area contributed by atoms with E-state index in [0.29, 0.717) is 5.69 Å². The Hall–Kier alpha value is -3.21. The Balaban J connectivity index is 2.25. The van der Waals surface area contributed by atoms with Crippen LogP contribution in [0.25, 0.3) is 0 Å². The second kappa shape index (κ2) is 9.13. The van der Waals surface area contributed by atoms with Crippen molar-refractivity contribution in [2.45, 2.75) is 45.3 Å². The molecule has 1 fully saturated rings. The summed E-state index contributed by atoms with van der Waals surface area (Å²) in [6, 6.07) is 5.48. The highest BCUT2D eigenvalue weighted by molar-refractivity contribution is 5.68.